The van der Waals surface area contributed by atoms with E-state index in [1.807, 2.05) is 0 Å². The summed E-state index contributed by atoms with van der Waals surface area (Å²) in [5, 5.41) is 11.2. The van der Waals surface area contributed by atoms with Crippen molar-refractivity contribution in [2.24, 2.45) is 0 Å². The molecule has 0 atom stereocenters. The summed E-state index contributed by atoms with van der Waals surface area (Å²) < 4.78 is 39.3. The number of carbonyl (C=O) groups excluding carboxylic acids is 2. The predicted octanol–water partition coefficient (Wildman–Crippen LogP) is 6.23. The maximum absolute atomic E-state index is 14.5. The Hall–Kier alpha value is -3.45. The lowest BCUT2D eigenvalue weighted by molar-refractivity contribution is -0.389. The number of pyridine rings is 1. The summed E-state index contributed by atoms with van der Waals surface area (Å²) in [5.74, 6) is -2.88. The lowest BCUT2D eigenvalue weighted by Gasteiger charge is -2.22. The van der Waals surface area contributed by atoms with Crippen molar-refractivity contribution in [2.75, 3.05) is 18.1 Å². The van der Waals surface area contributed by atoms with Crippen molar-refractivity contribution in [3.8, 4) is 10.4 Å². The van der Waals surface area contributed by atoms with Crippen LogP contribution in [-0.4, -0.2) is 35.2 Å². The minimum absolute atomic E-state index is 0.00289. The Kier molecular flexibility index (Phi) is 9.04. The van der Waals surface area contributed by atoms with Crippen LogP contribution in [-0.2, 0) is 21.3 Å². The molecule has 0 aliphatic carbocycles. The van der Waals surface area contributed by atoms with E-state index >= 15 is 0 Å². The number of alkyl halides is 1. The third kappa shape index (κ3) is 5.68. The summed E-state index contributed by atoms with van der Waals surface area (Å²) in [6, 6.07) is 5.96. The molecule has 0 radical (unpaired) electrons. The fourth-order valence-corrected chi connectivity index (χ4v) is 5.34. The number of amides is 1. The average molecular weight is 584 g/mol. The van der Waals surface area contributed by atoms with Gasteiger partial charge in [0.2, 0.25) is 0 Å². The fraction of sp³-hybridized carbons (Fsp3) is 0.261. The number of esters is 1. The van der Waals surface area contributed by atoms with E-state index in [1.165, 1.54) is 24.4 Å². The first-order chi connectivity index (χ1) is 17.2. The Morgan fingerprint density at radius 3 is 2.31 bits per heavy atom. The Labute approximate surface area is 216 Å². The maximum atomic E-state index is 14.5. The number of hydrogen-bond acceptors (Lipinski definition) is 8. The molecule has 190 valence electrons. The van der Waals surface area contributed by atoms with Gasteiger partial charge >= 0.3 is 17.9 Å². The molecule has 1 amide bonds. The van der Waals surface area contributed by atoms with Gasteiger partial charge in [-0.25, -0.2) is 18.4 Å². The second-order valence-electron chi connectivity index (χ2n) is 7.09. The van der Waals surface area contributed by atoms with Crippen LogP contribution in [0.3, 0.4) is 0 Å². The summed E-state index contributed by atoms with van der Waals surface area (Å²) in [5.41, 5.74) is 0.440. The number of benzene rings is 1. The van der Waals surface area contributed by atoms with E-state index in [2.05, 4.69) is 20.9 Å². The van der Waals surface area contributed by atoms with Crippen molar-refractivity contribution >= 4 is 50.1 Å². The van der Waals surface area contributed by atoms with Crippen LogP contribution in [0.15, 0.2) is 36.5 Å². The quantitative estimate of drug-likeness (QED) is 0.127. The lowest BCUT2D eigenvalue weighted by atomic mass is 10.1. The zero-order valence-corrected chi connectivity index (χ0v) is 21.5. The van der Waals surface area contributed by atoms with E-state index in [0.29, 0.717) is 16.0 Å². The van der Waals surface area contributed by atoms with Crippen molar-refractivity contribution in [2.45, 2.75) is 25.7 Å². The van der Waals surface area contributed by atoms with Gasteiger partial charge < -0.3 is 19.6 Å². The number of hydrogen-bond donors (Lipinski definition) is 0. The largest absolute Gasteiger partial charge is 0.462 e. The zero-order valence-electron chi connectivity index (χ0n) is 19.1. The summed E-state index contributed by atoms with van der Waals surface area (Å²) in [6.07, 6.45) is 0.335. The molecule has 2 heterocycles. The molecule has 0 unspecified atom stereocenters. The second kappa shape index (κ2) is 12.0. The van der Waals surface area contributed by atoms with Gasteiger partial charge in [0.1, 0.15) is 22.8 Å². The molecule has 0 aliphatic rings. The number of anilines is 1. The van der Waals surface area contributed by atoms with Crippen LogP contribution in [0, 0.1) is 21.7 Å². The third-order valence-electron chi connectivity index (χ3n) is 4.91. The molecule has 13 heteroatoms. The molecule has 2 aromatic heterocycles. The lowest BCUT2D eigenvalue weighted by Crippen LogP contribution is -2.32. The van der Waals surface area contributed by atoms with E-state index in [0.717, 1.165) is 28.4 Å². The first kappa shape index (κ1) is 27.1. The number of aromatic nitrogens is 1. The molecule has 0 aliphatic heterocycles. The van der Waals surface area contributed by atoms with Crippen LogP contribution in [0.4, 0.5) is 24.4 Å². The predicted molar refractivity (Wildman–Crippen MR) is 132 cm³/mol. The van der Waals surface area contributed by atoms with Crippen LogP contribution >= 0.6 is 27.3 Å². The highest BCUT2D eigenvalue weighted by Gasteiger charge is 2.33. The number of carbonyl (C=O) groups is 2. The van der Waals surface area contributed by atoms with Crippen LogP contribution < -0.4 is 4.90 Å². The Morgan fingerprint density at radius 2 is 1.78 bits per heavy atom. The van der Waals surface area contributed by atoms with Gasteiger partial charge in [-0.05, 0) is 47.5 Å². The first-order valence-corrected chi connectivity index (χ1v) is 12.5. The molecule has 0 N–H and O–H groups in total. The number of halogens is 3. The molecule has 0 saturated heterocycles. The van der Waals surface area contributed by atoms with Crippen molar-refractivity contribution in [3.05, 3.63) is 75.0 Å². The molecule has 3 aromatic rings. The van der Waals surface area contributed by atoms with E-state index in [9.17, 15) is 28.5 Å². The minimum Gasteiger partial charge on any atom is -0.462 e. The third-order valence-corrected chi connectivity index (χ3v) is 6.77. The van der Waals surface area contributed by atoms with Crippen LogP contribution in [0.2, 0.25) is 0 Å². The number of rotatable bonds is 9. The zero-order chi connectivity index (χ0) is 26.4. The molecule has 0 saturated carbocycles. The van der Waals surface area contributed by atoms with Gasteiger partial charge in [-0.3, -0.25) is 4.90 Å². The number of nitro groups is 1. The van der Waals surface area contributed by atoms with Crippen molar-refractivity contribution in [1.82, 2.24) is 4.98 Å². The number of thiophene rings is 1. The molecule has 0 spiro atoms. The molecule has 0 fully saturated rings. The monoisotopic (exact) mass is 583 g/mol. The first-order valence-electron chi connectivity index (χ1n) is 10.6. The van der Waals surface area contributed by atoms with Gasteiger partial charge in [-0.2, -0.15) is 0 Å². The van der Waals surface area contributed by atoms with Crippen molar-refractivity contribution in [3.63, 3.8) is 0 Å². The van der Waals surface area contributed by atoms with Crippen molar-refractivity contribution in [1.29, 1.82) is 0 Å². The second-order valence-corrected chi connectivity index (χ2v) is 8.65. The number of nitrogens with zero attached hydrogens (tertiary/aromatic N) is 3. The molecule has 1 aromatic carbocycles. The summed E-state index contributed by atoms with van der Waals surface area (Å²) in [6.45, 7) is 2.62. The Balaban J connectivity index is 2.25. The normalized spacial score (nSPS) is 10.7. The fourth-order valence-electron chi connectivity index (χ4n) is 3.31. The van der Waals surface area contributed by atoms with Gasteiger partial charge in [0.25, 0.3) is 0 Å². The van der Waals surface area contributed by atoms with E-state index in [4.69, 9.17) is 9.47 Å². The van der Waals surface area contributed by atoms with E-state index < -0.39 is 40.7 Å². The minimum atomic E-state index is -0.929. The van der Waals surface area contributed by atoms with Crippen molar-refractivity contribution < 1.29 is 32.8 Å². The number of ether oxygens (including phenoxy) is 2. The highest BCUT2D eigenvalue weighted by Crippen LogP contribution is 2.44. The standard InChI is InChI=1S/C23H20BrF2N3O6S/c1-3-34-22(30)19-14(10-24)20(13-8-9-18(27-11-13)29(32)33)36-21(19)28(23(31)35-4-2)12-15-16(25)6-5-7-17(15)26/h5-9,11H,3-4,10,12H2,1-2H3. The summed E-state index contributed by atoms with van der Waals surface area (Å²) in [7, 11) is 0. The molecular formula is C23H20BrF2N3O6S. The Bertz CT molecular complexity index is 1270. The van der Waals surface area contributed by atoms with E-state index in [1.54, 1.807) is 13.8 Å². The van der Waals surface area contributed by atoms with Gasteiger partial charge in [-0.15, -0.1) is 11.3 Å². The topological polar surface area (TPSA) is 112 Å². The highest BCUT2D eigenvalue weighted by atomic mass is 79.9. The molecule has 9 nitrogen and oxygen atoms in total. The molecular weight excluding hydrogens is 564 g/mol. The van der Waals surface area contributed by atoms with E-state index in [-0.39, 0.29) is 34.9 Å². The molecule has 36 heavy (non-hydrogen) atoms. The molecule has 0 bridgehead atoms. The smallest absolute Gasteiger partial charge is 0.415 e. The maximum Gasteiger partial charge on any atom is 0.415 e. The van der Waals surface area contributed by atoms with Gasteiger partial charge in [-0.1, -0.05) is 22.0 Å². The van der Waals surface area contributed by atoms with Crippen LogP contribution in [0.5, 0.6) is 0 Å². The SMILES string of the molecule is CCOC(=O)c1c(N(Cc2c(F)cccc2F)C(=O)OCC)sc(-c2ccc([N+](=O)[O-])nc2)c1CBr. The average Bonchev–Trinajstić information content (AvgIpc) is 3.23. The summed E-state index contributed by atoms with van der Waals surface area (Å²) >= 11 is 4.31. The Morgan fingerprint density at radius 1 is 1.11 bits per heavy atom. The van der Waals surface area contributed by atoms with Gasteiger partial charge in [0.05, 0.1) is 25.3 Å². The van der Waals surface area contributed by atoms with Gasteiger partial charge in [0.15, 0.2) is 0 Å². The summed E-state index contributed by atoms with van der Waals surface area (Å²) in [4.78, 5) is 41.6. The van der Waals surface area contributed by atoms with Crippen LogP contribution in [0.25, 0.3) is 10.4 Å². The van der Waals surface area contributed by atoms with Gasteiger partial charge in [0, 0.05) is 27.4 Å². The van der Waals surface area contributed by atoms with Crippen LogP contribution in [0.1, 0.15) is 35.3 Å². The highest BCUT2D eigenvalue weighted by molar-refractivity contribution is 9.08. The molecule has 3 rings (SSSR count).